The summed E-state index contributed by atoms with van der Waals surface area (Å²) < 4.78 is 39.3. The van der Waals surface area contributed by atoms with E-state index in [9.17, 15) is 27.6 Å². The van der Waals surface area contributed by atoms with Gasteiger partial charge < -0.3 is 24.6 Å². The van der Waals surface area contributed by atoms with Gasteiger partial charge in [-0.2, -0.15) is 5.10 Å². The number of likely N-dealkylation sites (N-methyl/N-ethyl adjacent to an activating group) is 1. The van der Waals surface area contributed by atoms with Crippen molar-refractivity contribution in [1.29, 1.82) is 0 Å². The third kappa shape index (κ3) is 10.9. The minimum Gasteiger partial charge on any atom is -0.380 e. The number of rotatable bonds is 13. The van der Waals surface area contributed by atoms with Gasteiger partial charge >= 0.3 is 0 Å². The molecule has 2 aromatic carbocycles. The number of ether oxygens (including phenoxy) is 1. The lowest BCUT2D eigenvalue weighted by Crippen LogP contribution is -2.66. The molecule has 2 aliphatic heterocycles. The smallest absolute Gasteiger partial charge is 0.272 e. The Morgan fingerprint density at radius 2 is 1.68 bits per heavy atom. The van der Waals surface area contributed by atoms with Crippen LogP contribution in [0.2, 0.25) is 0 Å². The Balaban J connectivity index is 0.000000226. The molecule has 0 radical (unpaired) electrons. The van der Waals surface area contributed by atoms with Crippen molar-refractivity contribution in [2.45, 2.75) is 32.9 Å². The summed E-state index contributed by atoms with van der Waals surface area (Å²) in [4.78, 5) is 42.5. The van der Waals surface area contributed by atoms with Gasteiger partial charge in [0.25, 0.3) is 11.8 Å². The average molecular weight is 737 g/mol. The van der Waals surface area contributed by atoms with Crippen LogP contribution in [-0.2, 0) is 27.3 Å². The maximum absolute atomic E-state index is 12.9. The Kier molecular flexibility index (Phi) is 14.9. The second-order valence-electron chi connectivity index (χ2n) is 13.0. The van der Waals surface area contributed by atoms with Crippen molar-refractivity contribution in [3.8, 4) is 5.69 Å². The number of aldehydes is 1. The first-order valence-electron chi connectivity index (χ1n) is 17.2. The SMILES string of the molecule is C/C=C(\CN1CC2(COC2)C1)C(=O)N(C)Cc1ccccc1.CCN(C)c1c(CC(C=O)NC(=O)c2ccn(F)n2)cnn1-c1ccccc1.FCF. The Morgan fingerprint density at radius 3 is 2.21 bits per heavy atom. The third-order valence-electron chi connectivity index (χ3n) is 8.93. The van der Waals surface area contributed by atoms with Crippen molar-refractivity contribution in [2.24, 2.45) is 5.41 Å². The number of amides is 2. The van der Waals surface area contributed by atoms with E-state index in [1.807, 2.05) is 87.4 Å². The molecule has 2 aliphatic rings. The summed E-state index contributed by atoms with van der Waals surface area (Å²) in [7, 11) is 3.80. The molecular weight excluding hydrogens is 689 g/mol. The lowest BCUT2D eigenvalue weighted by Gasteiger charge is -2.55. The predicted octanol–water partition coefficient (Wildman–Crippen LogP) is 4.60. The molecule has 15 heteroatoms. The van der Waals surface area contributed by atoms with Crippen LogP contribution < -0.4 is 10.2 Å². The summed E-state index contributed by atoms with van der Waals surface area (Å²) in [5.41, 5.74) is 4.04. The second kappa shape index (κ2) is 19.5. The van der Waals surface area contributed by atoms with Gasteiger partial charge in [0, 0.05) is 69.8 Å². The van der Waals surface area contributed by atoms with E-state index in [1.165, 1.54) is 6.07 Å². The van der Waals surface area contributed by atoms with E-state index in [1.54, 1.807) is 15.8 Å². The third-order valence-corrected chi connectivity index (χ3v) is 8.93. The number of likely N-dealkylation sites (tertiary alicyclic amines) is 1. The zero-order chi connectivity index (χ0) is 38.4. The van der Waals surface area contributed by atoms with Crippen LogP contribution in [0, 0.1) is 5.41 Å². The quantitative estimate of drug-likeness (QED) is 0.156. The molecule has 1 unspecified atom stereocenters. The zero-order valence-corrected chi connectivity index (χ0v) is 30.5. The molecule has 12 nitrogen and oxygen atoms in total. The highest BCUT2D eigenvalue weighted by Crippen LogP contribution is 2.37. The van der Waals surface area contributed by atoms with Crippen LogP contribution in [0.15, 0.2) is 90.8 Å². The molecule has 284 valence electrons. The molecule has 4 aromatic rings. The minimum atomic E-state index is -1.75. The number of carbonyl (C=O) groups excluding carboxylic acids is 3. The lowest BCUT2D eigenvalue weighted by molar-refractivity contribution is -0.187. The van der Waals surface area contributed by atoms with Gasteiger partial charge in [-0.3, -0.25) is 14.5 Å². The van der Waals surface area contributed by atoms with E-state index in [4.69, 9.17) is 4.74 Å². The zero-order valence-electron chi connectivity index (χ0n) is 30.5. The van der Waals surface area contributed by atoms with Gasteiger partial charge in [0.2, 0.25) is 6.93 Å². The molecule has 0 aliphatic carbocycles. The van der Waals surface area contributed by atoms with Crippen molar-refractivity contribution in [2.75, 3.05) is 65.3 Å². The van der Waals surface area contributed by atoms with Crippen LogP contribution in [0.25, 0.3) is 5.69 Å². The summed E-state index contributed by atoms with van der Waals surface area (Å²) >= 11 is 0. The fourth-order valence-electron chi connectivity index (χ4n) is 6.15. The van der Waals surface area contributed by atoms with E-state index in [0.29, 0.717) is 18.2 Å². The highest BCUT2D eigenvalue weighted by atomic mass is 19.3. The number of nitrogens with one attached hydrogen (secondary N) is 1. The number of benzene rings is 2. The highest BCUT2D eigenvalue weighted by Gasteiger charge is 2.49. The van der Waals surface area contributed by atoms with E-state index in [2.05, 4.69) is 32.5 Å². The van der Waals surface area contributed by atoms with Crippen molar-refractivity contribution < 1.29 is 32.4 Å². The predicted molar refractivity (Wildman–Crippen MR) is 196 cm³/mol. The Labute approximate surface area is 307 Å². The fraction of sp³-hybridized carbons (Fsp3) is 0.395. The molecule has 4 heterocycles. The molecule has 0 saturated carbocycles. The molecule has 2 amide bonds. The summed E-state index contributed by atoms with van der Waals surface area (Å²) in [6.45, 7) is 8.22. The second-order valence-corrected chi connectivity index (χ2v) is 13.0. The van der Waals surface area contributed by atoms with E-state index in [-0.39, 0.29) is 22.9 Å². The molecule has 0 bridgehead atoms. The van der Waals surface area contributed by atoms with Gasteiger partial charge in [-0.1, -0.05) is 59.1 Å². The first-order valence-corrected chi connectivity index (χ1v) is 17.2. The Hall–Kier alpha value is -5.28. The molecule has 1 atom stereocenters. The van der Waals surface area contributed by atoms with Gasteiger partial charge in [0.1, 0.15) is 12.1 Å². The van der Waals surface area contributed by atoms with Gasteiger partial charge in [0.15, 0.2) is 5.69 Å². The van der Waals surface area contributed by atoms with E-state index < -0.39 is 18.9 Å². The number of nitrogens with zero attached hydrogens (tertiary/aromatic N) is 7. The van der Waals surface area contributed by atoms with E-state index >= 15 is 0 Å². The number of carbonyl (C=O) groups is 3. The Morgan fingerprint density at radius 1 is 1.04 bits per heavy atom. The molecule has 1 spiro atoms. The van der Waals surface area contributed by atoms with Crippen molar-refractivity contribution in [1.82, 2.24) is 34.9 Å². The topological polar surface area (TPSA) is 118 Å². The van der Waals surface area contributed by atoms with Crippen LogP contribution in [0.5, 0.6) is 0 Å². The van der Waals surface area contributed by atoms with Crippen molar-refractivity contribution >= 4 is 23.9 Å². The minimum absolute atomic E-state index is 0.0447. The summed E-state index contributed by atoms with van der Waals surface area (Å²) in [5, 5.41) is 10.4. The number of para-hydroxylation sites is 1. The maximum atomic E-state index is 12.9. The maximum Gasteiger partial charge on any atom is 0.272 e. The summed E-state index contributed by atoms with van der Waals surface area (Å²) in [6.07, 6.45) is 5.56. The van der Waals surface area contributed by atoms with Gasteiger partial charge in [-0.05, 0) is 37.6 Å². The molecule has 2 aromatic heterocycles. The number of aromatic nitrogens is 4. The number of anilines is 1. The standard InChI is InChI=1S/C19H21FN6O2.C18H24N2O2.CH2F2/c1-3-24(2)19-14(12-21-26(19)16-7-5-4-6-8-16)11-15(13-27)22-18(28)17-9-10-25(20)23-17;1-3-16(10-20-11-18(12-20)13-22-14-18)17(21)19(2)9-15-7-5-4-6-8-15;2-1-3/h4-10,12-13,15H,3,11H2,1-2H3,(H,22,28);3-8H,9-14H2,1-2H3;1H2/b;16-3+;. The van der Waals surface area contributed by atoms with Crippen molar-refractivity contribution in [3.05, 3.63) is 108 Å². The number of allylic oxidation sites excluding steroid dienone is 1. The van der Waals surface area contributed by atoms with Crippen LogP contribution in [0.4, 0.5) is 19.1 Å². The van der Waals surface area contributed by atoms with Gasteiger partial charge in [-0.15, -0.1) is 10.0 Å². The normalized spacial score (nSPS) is 15.0. The lowest BCUT2D eigenvalue weighted by atomic mass is 9.78. The molecule has 6 rings (SSSR count). The van der Waals surface area contributed by atoms with Crippen LogP contribution in [-0.4, -0.2) is 114 Å². The molecule has 2 saturated heterocycles. The largest absolute Gasteiger partial charge is 0.380 e. The molecule has 1 N–H and O–H groups in total. The van der Waals surface area contributed by atoms with Crippen molar-refractivity contribution in [3.63, 3.8) is 0 Å². The monoisotopic (exact) mass is 736 g/mol. The van der Waals surface area contributed by atoms with E-state index in [0.717, 1.165) is 73.8 Å². The first kappa shape index (κ1) is 40.5. The fourth-order valence-corrected chi connectivity index (χ4v) is 6.15. The number of hydrogen-bond donors (Lipinski definition) is 1. The average Bonchev–Trinajstić information content (AvgIpc) is 3.77. The number of halogens is 3. The van der Waals surface area contributed by atoms with Gasteiger partial charge in [-0.25, -0.2) is 13.5 Å². The Bertz CT molecular complexity index is 1790. The molecule has 53 heavy (non-hydrogen) atoms. The van der Waals surface area contributed by atoms with Crippen LogP contribution >= 0.6 is 0 Å². The summed E-state index contributed by atoms with van der Waals surface area (Å²) in [5.74, 6) is 0.342. The summed E-state index contributed by atoms with van der Waals surface area (Å²) in [6, 6.07) is 20.2. The van der Waals surface area contributed by atoms with Crippen LogP contribution in [0.3, 0.4) is 0 Å². The number of alkyl halides is 2. The first-order chi connectivity index (χ1) is 25.6. The molecular formula is C38H47F3N8O4. The molecule has 2 fully saturated rings. The van der Waals surface area contributed by atoms with Crippen LogP contribution in [0.1, 0.15) is 35.5 Å². The number of hydrogen-bond acceptors (Lipinski definition) is 8. The highest BCUT2D eigenvalue weighted by molar-refractivity contribution is 5.94. The van der Waals surface area contributed by atoms with Gasteiger partial charge in [0.05, 0.1) is 37.3 Å².